The fourth-order valence-corrected chi connectivity index (χ4v) is 22.9. The van der Waals surface area contributed by atoms with Crippen LogP contribution in [0.4, 0.5) is 0 Å². The van der Waals surface area contributed by atoms with Crippen LogP contribution in [-0.4, -0.2) is 13.7 Å². The molecule has 0 amide bonds. The first-order chi connectivity index (χ1) is 69.9. The zero-order valence-corrected chi connectivity index (χ0v) is 77.1. The Labute approximate surface area is 814 Å². The minimum Gasteiger partial charge on any atom is -0.309 e. The Balaban J connectivity index is 0.000000104. The van der Waals surface area contributed by atoms with Gasteiger partial charge in [-0.1, -0.05) is 406 Å². The number of nitrogens with zero attached hydrogens (tertiary/aromatic N) is 3. The fraction of sp³-hybridized carbons (Fsp3) is 0. The predicted octanol–water partition coefficient (Wildman–Crippen LogP) is 38.2. The molecule has 0 spiro atoms. The molecular formula is C138H87N3. The summed E-state index contributed by atoms with van der Waals surface area (Å²) in [5.74, 6) is 0. The summed E-state index contributed by atoms with van der Waals surface area (Å²) >= 11 is 0. The van der Waals surface area contributed by atoms with E-state index in [-0.39, 0.29) is 0 Å². The van der Waals surface area contributed by atoms with Gasteiger partial charge in [-0.05, 0) is 301 Å². The normalized spacial score (nSPS) is 11.8. The highest BCUT2D eigenvalue weighted by molar-refractivity contribution is 6.26. The molecule has 0 N–H and O–H groups in total. The van der Waals surface area contributed by atoms with Gasteiger partial charge in [0, 0.05) is 48.5 Å². The SMILES string of the molecule is c1ccc2c(-c3ccc4ccc(-c5ccc6ccc7c(c6c5)c5ccccc5n7-c5cccc6ccccc56)cc4c3)cccc2c1.c1ccc2cc(-c3ccc4cc(-c5ccc6c(ccc7c6c6ccccc6n7-c6cccc7ccccc67)c5)ccc4c3)ccc2c1.c1ccc2cc(-c3ccc4ccc(-c5ccc6ccc7c(c6c5)c5ccccc5n7-c5cccc6ccccc56)cc4c3)ccc2c1. The molecule has 0 aliphatic carbocycles. The van der Waals surface area contributed by atoms with Crippen molar-refractivity contribution in [3.05, 3.63) is 528 Å². The predicted molar refractivity (Wildman–Crippen MR) is 605 cm³/mol. The molecule has 30 rings (SSSR count). The molecule has 3 heteroatoms. The van der Waals surface area contributed by atoms with Crippen LogP contribution in [0.3, 0.4) is 0 Å². The molecular weight excluding hydrogens is 1700 g/mol. The maximum atomic E-state index is 2.45. The van der Waals surface area contributed by atoms with Crippen molar-refractivity contribution in [2.75, 3.05) is 0 Å². The van der Waals surface area contributed by atoms with E-state index in [1.54, 1.807) is 0 Å². The molecule has 0 atom stereocenters. The lowest BCUT2D eigenvalue weighted by atomic mass is 9.94. The third-order valence-corrected chi connectivity index (χ3v) is 29.8. The van der Waals surface area contributed by atoms with Crippen molar-refractivity contribution in [1.82, 2.24) is 13.7 Å². The lowest BCUT2D eigenvalue weighted by Crippen LogP contribution is -1.95. The van der Waals surface area contributed by atoms with Crippen molar-refractivity contribution in [2.45, 2.75) is 0 Å². The maximum Gasteiger partial charge on any atom is 0.0547 e. The zero-order chi connectivity index (χ0) is 92.7. The molecule has 0 aliphatic heterocycles. The van der Waals surface area contributed by atoms with E-state index in [1.165, 1.54) is 279 Å². The number of hydrogen-bond acceptors (Lipinski definition) is 0. The van der Waals surface area contributed by atoms with E-state index in [1.807, 2.05) is 0 Å². The standard InChI is InChI=1S/3C46H29N/c1-3-13-38-31(9-1)11-7-16-39(38)36-24-20-30-19-22-34(27-37(30)28-36)35-23-21-33-25-26-45-46(42(33)29-35)41-15-5-6-17-44(41)47(45)43-18-8-12-32-10-2-4-14-40(32)43;1-2-10-34-26-35(20-16-30(34)8-1)36-21-17-31-18-22-37(28-39(31)27-36)38-23-19-33-24-25-45-46(42(33)29-38)41-13-5-6-14-44(41)47(45)43-15-7-11-32-9-3-4-12-40(32)43;1-2-10-32-26-33(17-16-30(32)8-1)34-18-19-36-28-37(21-20-35(36)27-34)38-22-24-41-39(29-38)23-25-45-46(41)42-13-5-6-14-44(42)47(45)43-15-7-11-31-9-3-4-12-40(31)43/h3*1-29H. The van der Waals surface area contributed by atoms with Gasteiger partial charge in [0.05, 0.1) is 50.2 Å². The largest absolute Gasteiger partial charge is 0.309 e. The van der Waals surface area contributed by atoms with Crippen LogP contribution < -0.4 is 0 Å². The summed E-state index contributed by atoms with van der Waals surface area (Å²) in [5, 5.41) is 38.0. The van der Waals surface area contributed by atoms with Crippen LogP contribution in [0, 0.1) is 0 Å². The molecule has 0 bridgehead atoms. The van der Waals surface area contributed by atoms with E-state index in [0.29, 0.717) is 0 Å². The number of fused-ring (bicyclic) bond motifs is 24. The van der Waals surface area contributed by atoms with Gasteiger partial charge in [0.2, 0.25) is 0 Å². The lowest BCUT2D eigenvalue weighted by Gasteiger charge is -2.12. The first kappa shape index (κ1) is 80.9. The van der Waals surface area contributed by atoms with Gasteiger partial charge in [-0.25, -0.2) is 0 Å². The third kappa shape index (κ3) is 13.8. The van der Waals surface area contributed by atoms with Gasteiger partial charge < -0.3 is 13.7 Å². The minimum absolute atomic E-state index is 1.21. The molecule has 0 unspecified atom stereocenters. The van der Waals surface area contributed by atoms with Gasteiger partial charge >= 0.3 is 0 Å². The van der Waals surface area contributed by atoms with E-state index in [9.17, 15) is 0 Å². The van der Waals surface area contributed by atoms with Crippen LogP contribution in [-0.2, 0) is 0 Å². The summed E-state index contributed by atoms with van der Waals surface area (Å²) in [6.07, 6.45) is 0. The Morgan fingerprint density at radius 3 is 0.702 bits per heavy atom. The molecule has 0 saturated carbocycles. The number of hydrogen-bond donors (Lipinski definition) is 0. The Bertz CT molecular complexity index is 10400. The highest BCUT2D eigenvalue weighted by Crippen LogP contribution is 2.47. The first-order valence-electron chi connectivity index (χ1n) is 48.8. The van der Waals surface area contributed by atoms with Gasteiger partial charge in [-0.15, -0.1) is 0 Å². The van der Waals surface area contributed by atoms with Gasteiger partial charge in [-0.2, -0.15) is 0 Å². The van der Waals surface area contributed by atoms with Crippen LogP contribution in [0.5, 0.6) is 0 Å². The van der Waals surface area contributed by atoms with Gasteiger partial charge in [0.25, 0.3) is 0 Å². The average Bonchev–Trinajstić information content (AvgIpc) is 1.58. The topological polar surface area (TPSA) is 14.8 Å². The molecule has 141 heavy (non-hydrogen) atoms. The maximum absolute atomic E-state index is 2.45. The first-order valence-corrected chi connectivity index (χ1v) is 48.8. The molecule has 27 aromatic carbocycles. The van der Waals surface area contributed by atoms with E-state index in [2.05, 4.69) is 541 Å². The third-order valence-electron chi connectivity index (χ3n) is 29.8. The van der Waals surface area contributed by atoms with Crippen molar-refractivity contribution >= 4 is 195 Å². The molecule has 0 fully saturated rings. The average molecular weight is 1790 g/mol. The Morgan fingerprint density at radius 1 is 0.0993 bits per heavy atom. The van der Waals surface area contributed by atoms with Crippen LogP contribution in [0.25, 0.3) is 279 Å². The monoisotopic (exact) mass is 1790 g/mol. The minimum atomic E-state index is 1.21. The summed E-state index contributed by atoms with van der Waals surface area (Å²) in [6, 6.07) is 194. The van der Waals surface area contributed by atoms with Crippen LogP contribution in [0.1, 0.15) is 0 Å². The highest BCUT2D eigenvalue weighted by atomic mass is 15.0. The Hall–Kier alpha value is -18.5. The van der Waals surface area contributed by atoms with E-state index >= 15 is 0 Å². The number of para-hydroxylation sites is 3. The van der Waals surface area contributed by atoms with Crippen LogP contribution >= 0.6 is 0 Å². The van der Waals surface area contributed by atoms with Crippen molar-refractivity contribution in [3.8, 4) is 83.8 Å². The van der Waals surface area contributed by atoms with Gasteiger partial charge in [0.1, 0.15) is 0 Å². The second kappa shape index (κ2) is 33.2. The number of benzene rings is 27. The summed E-state index contributed by atoms with van der Waals surface area (Å²) in [6.45, 7) is 0. The molecule has 30 aromatic rings. The Kier molecular flexibility index (Phi) is 19.0. The van der Waals surface area contributed by atoms with Crippen LogP contribution in [0.15, 0.2) is 528 Å². The fourth-order valence-electron chi connectivity index (χ4n) is 22.9. The molecule has 0 aliphatic rings. The zero-order valence-electron chi connectivity index (χ0n) is 77.1. The van der Waals surface area contributed by atoms with E-state index < -0.39 is 0 Å². The van der Waals surface area contributed by atoms with E-state index in [0.717, 1.165) is 0 Å². The van der Waals surface area contributed by atoms with Gasteiger partial charge in [0.15, 0.2) is 0 Å². The Morgan fingerprint density at radius 2 is 0.319 bits per heavy atom. The van der Waals surface area contributed by atoms with Crippen LogP contribution in [0.2, 0.25) is 0 Å². The summed E-state index contributed by atoms with van der Waals surface area (Å²) in [7, 11) is 0. The molecule has 0 radical (unpaired) electrons. The number of rotatable bonds is 9. The molecule has 0 saturated heterocycles. The quantitative estimate of drug-likeness (QED) is 0.137. The molecule has 3 heterocycles. The second-order valence-corrected chi connectivity index (χ2v) is 37.7. The summed E-state index contributed by atoms with van der Waals surface area (Å²) in [5.41, 5.74) is 25.9. The molecule has 3 nitrogen and oxygen atoms in total. The lowest BCUT2D eigenvalue weighted by molar-refractivity contribution is 1.20. The highest BCUT2D eigenvalue weighted by Gasteiger charge is 2.23. The summed E-state index contributed by atoms with van der Waals surface area (Å²) in [4.78, 5) is 0. The second-order valence-electron chi connectivity index (χ2n) is 37.7. The molecule has 3 aromatic heterocycles. The van der Waals surface area contributed by atoms with Gasteiger partial charge in [-0.3, -0.25) is 0 Å². The smallest absolute Gasteiger partial charge is 0.0547 e. The molecule has 654 valence electrons. The van der Waals surface area contributed by atoms with Crippen molar-refractivity contribution in [1.29, 1.82) is 0 Å². The van der Waals surface area contributed by atoms with Crippen molar-refractivity contribution < 1.29 is 0 Å². The van der Waals surface area contributed by atoms with Crippen molar-refractivity contribution in [2.24, 2.45) is 0 Å². The summed E-state index contributed by atoms with van der Waals surface area (Å²) < 4.78 is 7.34. The number of aromatic nitrogens is 3. The van der Waals surface area contributed by atoms with Crippen molar-refractivity contribution in [3.63, 3.8) is 0 Å². The van der Waals surface area contributed by atoms with E-state index in [4.69, 9.17) is 0 Å².